The molecule has 0 unspecified atom stereocenters. The molecule has 0 atom stereocenters. The van der Waals surface area contributed by atoms with Crippen LogP contribution in [-0.4, -0.2) is 35.5 Å². The zero-order chi connectivity index (χ0) is 20.7. The van der Waals surface area contributed by atoms with Gasteiger partial charge in [-0.25, -0.2) is 4.39 Å². The van der Waals surface area contributed by atoms with Gasteiger partial charge in [0.25, 0.3) is 0 Å². The molecule has 146 valence electrons. The molecule has 0 aliphatic rings. The fourth-order valence-electron chi connectivity index (χ4n) is 1.62. The highest BCUT2D eigenvalue weighted by molar-refractivity contribution is 9.10. The maximum Gasteiger partial charge on any atom is 0.460 e. The van der Waals surface area contributed by atoms with Gasteiger partial charge in [0.05, 0.1) is 6.42 Å². The van der Waals surface area contributed by atoms with Gasteiger partial charge in [-0.05, 0) is 18.2 Å². The van der Waals surface area contributed by atoms with Gasteiger partial charge in [0, 0.05) is 10.0 Å². The second-order valence-electron chi connectivity index (χ2n) is 4.90. The molecule has 0 saturated carbocycles. The molecule has 2 nitrogen and oxygen atoms in total. The van der Waals surface area contributed by atoms with E-state index in [2.05, 4.69) is 15.9 Å². The van der Waals surface area contributed by atoms with Gasteiger partial charge >= 0.3 is 23.9 Å². The first-order valence-electron chi connectivity index (χ1n) is 6.18. The normalized spacial score (nSPS) is 13.7. The average molecular weight is 463 g/mol. The van der Waals surface area contributed by atoms with Gasteiger partial charge in [0.1, 0.15) is 5.82 Å². The summed E-state index contributed by atoms with van der Waals surface area (Å²) in [7, 11) is 0. The second-order valence-corrected chi connectivity index (χ2v) is 5.82. The van der Waals surface area contributed by atoms with E-state index < -0.39 is 53.3 Å². The van der Waals surface area contributed by atoms with E-state index in [1.165, 1.54) is 0 Å². The summed E-state index contributed by atoms with van der Waals surface area (Å²) >= 11 is 2.70. The molecule has 1 aromatic rings. The van der Waals surface area contributed by atoms with Crippen molar-refractivity contribution in [3.8, 4) is 0 Å². The number of carbonyl (C=O) groups excluding carboxylic acids is 2. The van der Waals surface area contributed by atoms with E-state index in [0.29, 0.717) is 6.07 Å². The summed E-state index contributed by atoms with van der Waals surface area (Å²) in [4.78, 5) is 22.8. The number of Topliss-reactive ketones (excluding diaryl/α,β-unsaturated/α-hetero) is 2. The zero-order valence-electron chi connectivity index (χ0n) is 11.9. The molecule has 0 N–H and O–H groups in total. The van der Waals surface area contributed by atoms with Crippen LogP contribution in [0.2, 0.25) is 0 Å². The predicted octanol–water partition coefficient (Wildman–Crippen LogP) is 5.20. The third-order valence-corrected chi connectivity index (χ3v) is 3.46. The van der Waals surface area contributed by atoms with Crippen LogP contribution in [0.25, 0.3) is 0 Å². The Bertz CT molecular complexity index is 706. The Kier molecular flexibility index (Phi) is 5.87. The number of ketones is 2. The molecule has 0 bridgehead atoms. The van der Waals surface area contributed by atoms with E-state index in [9.17, 15) is 53.5 Å². The first kappa shape index (κ1) is 22.4. The molecule has 1 rings (SSSR count). The van der Waals surface area contributed by atoms with Gasteiger partial charge in [0.15, 0.2) is 5.78 Å². The summed E-state index contributed by atoms with van der Waals surface area (Å²) in [5.74, 6) is -26.9. The Morgan fingerprint density at radius 1 is 0.846 bits per heavy atom. The van der Waals surface area contributed by atoms with Gasteiger partial charge in [-0.15, -0.1) is 0 Å². The molecule has 0 saturated heterocycles. The van der Waals surface area contributed by atoms with Crippen LogP contribution in [-0.2, 0) is 4.79 Å². The number of hydrogen-bond donors (Lipinski definition) is 0. The van der Waals surface area contributed by atoms with Gasteiger partial charge < -0.3 is 0 Å². The van der Waals surface area contributed by atoms with Crippen LogP contribution in [0, 0.1) is 5.82 Å². The second kappa shape index (κ2) is 6.82. The van der Waals surface area contributed by atoms with Crippen molar-refractivity contribution in [1.82, 2.24) is 0 Å². The van der Waals surface area contributed by atoms with Crippen molar-refractivity contribution in [1.29, 1.82) is 0 Å². The van der Waals surface area contributed by atoms with Crippen molar-refractivity contribution in [2.24, 2.45) is 0 Å². The Labute approximate surface area is 146 Å². The molecule has 0 aromatic heterocycles. The first-order chi connectivity index (χ1) is 11.4. The maximum atomic E-state index is 13.3. The topological polar surface area (TPSA) is 34.1 Å². The average Bonchev–Trinajstić information content (AvgIpc) is 2.44. The quantitative estimate of drug-likeness (QED) is 0.331. The van der Waals surface area contributed by atoms with Crippen molar-refractivity contribution in [2.45, 2.75) is 30.4 Å². The molecule has 0 fully saturated rings. The molecule has 0 aliphatic carbocycles. The molecule has 0 aliphatic heterocycles. The van der Waals surface area contributed by atoms with Crippen molar-refractivity contribution in [2.75, 3.05) is 0 Å². The van der Waals surface area contributed by atoms with Crippen molar-refractivity contribution in [3.63, 3.8) is 0 Å². The molecule has 13 heteroatoms. The van der Waals surface area contributed by atoms with Crippen LogP contribution < -0.4 is 0 Å². The maximum absolute atomic E-state index is 13.3. The lowest BCUT2D eigenvalue weighted by atomic mass is 9.95. The van der Waals surface area contributed by atoms with E-state index in [-0.39, 0.29) is 4.47 Å². The highest BCUT2D eigenvalue weighted by Crippen LogP contribution is 2.53. The predicted molar refractivity (Wildman–Crippen MR) is 69.0 cm³/mol. The Balaban J connectivity index is 3.16. The van der Waals surface area contributed by atoms with Crippen LogP contribution in [0.1, 0.15) is 16.8 Å². The highest BCUT2D eigenvalue weighted by Gasteiger charge is 2.83. The van der Waals surface area contributed by atoms with Crippen LogP contribution in [0.15, 0.2) is 22.7 Å². The number of alkyl halides is 9. The van der Waals surface area contributed by atoms with Crippen molar-refractivity contribution in [3.05, 3.63) is 34.1 Å². The lowest BCUT2D eigenvalue weighted by Crippen LogP contribution is -2.63. The van der Waals surface area contributed by atoms with Gasteiger partial charge in [-0.1, -0.05) is 15.9 Å². The van der Waals surface area contributed by atoms with Gasteiger partial charge in [0.2, 0.25) is 5.78 Å². The lowest BCUT2D eigenvalue weighted by molar-refractivity contribution is -0.388. The fraction of sp³-hybridized carbons (Fsp3) is 0.385. The highest BCUT2D eigenvalue weighted by atomic mass is 79.9. The minimum absolute atomic E-state index is 0.117. The Hall–Kier alpha value is -1.66. The number of carbonyl (C=O) groups is 2. The van der Waals surface area contributed by atoms with Crippen molar-refractivity contribution >= 4 is 27.5 Å². The fourth-order valence-corrected chi connectivity index (χ4v) is 2.09. The van der Waals surface area contributed by atoms with Crippen LogP contribution in [0.4, 0.5) is 43.9 Å². The largest absolute Gasteiger partial charge is 0.460 e. The standard InChI is InChI=1S/C13H5BrF10O2/c14-6-1-5(2-7(15)3-6)8(25)4-9(26)10(16,17)11(18,19)12(20,21)13(22,23)24/h1-3H,4H2. The minimum atomic E-state index is -7.25. The summed E-state index contributed by atoms with van der Waals surface area (Å²) < 4.78 is 127. The smallest absolute Gasteiger partial charge is 0.294 e. The van der Waals surface area contributed by atoms with E-state index >= 15 is 0 Å². The SMILES string of the molecule is O=C(CC(=O)C(F)(F)C(F)(F)C(F)(F)C(F)(F)F)c1cc(F)cc(Br)c1. The van der Waals surface area contributed by atoms with E-state index in [0.717, 1.165) is 12.1 Å². The molecule has 26 heavy (non-hydrogen) atoms. The summed E-state index contributed by atoms with van der Waals surface area (Å²) in [6, 6.07) is 2.01. The number of benzene rings is 1. The summed E-state index contributed by atoms with van der Waals surface area (Å²) in [6.45, 7) is 0. The lowest BCUT2D eigenvalue weighted by Gasteiger charge is -2.32. The third-order valence-electron chi connectivity index (χ3n) is 3.00. The van der Waals surface area contributed by atoms with Crippen molar-refractivity contribution < 1.29 is 53.5 Å². The summed E-state index contributed by atoms with van der Waals surface area (Å²) in [5, 5.41) is 0. The van der Waals surface area contributed by atoms with Gasteiger partial charge in [-0.3, -0.25) is 9.59 Å². The molecule has 1 aromatic carbocycles. The Morgan fingerprint density at radius 3 is 1.77 bits per heavy atom. The molecule has 0 radical (unpaired) electrons. The molecule has 0 heterocycles. The third kappa shape index (κ3) is 3.86. The monoisotopic (exact) mass is 462 g/mol. The van der Waals surface area contributed by atoms with E-state index in [1.54, 1.807) is 0 Å². The zero-order valence-corrected chi connectivity index (χ0v) is 13.5. The summed E-state index contributed by atoms with van der Waals surface area (Å²) in [5.41, 5.74) is -0.771. The summed E-state index contributed by atoms with van der Waals surface area (Å²) in [6.07, 6.45) is -9.25. The number of hydrogen-bond acceptors (Lipinski definition) is 2. The first-order valence-corrected chi connectivity index (χ1v) is 6.97. The Morgan fingerprint density at radius 2 is 1.35 bits per heavy atom. The van der Waals surface area contributed by atoms with Gasteiger partial charge in [-0.2, -0.15) is 39.5 Å². The van der Waals surface area contributed by atoms with Crippen LogP contribution >= 0.6 is 15.9 Å². The van der Waals surface area contributed by atoms with E-state index in [1.807, 2.05) is 0 Å². The number of halogens is 11. The van der Waals surface area contributed by atoms with Crippen LogP contribution in [0.3, 0.4) is 0 Å². The molecule has 0 amide bonds. The van der Waals surface area contributed by atoms with Crippen LogP contribution in [0.5, 0.6) is 0 Å². The molecule has 0 spiro atoms. The number of rotatable bonds is 6. The molecular formula is C13H5BrF10O2. The molecular weight excluding hydrogens is 458 g/mol. The van der Waals surface area contributed by atoms with E-state index in [4.69, 9.17) is 0 Å². The minimum Gasteiger partial charge on any atom is -0.294 e.